The Morgan fingerprint density at radius 1 is 1.00 bits per heavy atom. The summed E-state index contributed by atoms with van der Waals surface area (Å²) in [4.78, 5) is 17.4. The fraction of sp³-hybridized carbons (Fsp3) is 0.240. The van der Waals surface area contributed by atoms with Crippen molar-refractivity contribution in [1.29, 1.82) is 0 Å². The van der Waals surface area contributed by atoms with Gasteiger partial charge < -0.3 is 5.32 Å². The largest absolute Gasteiger partial charge is 0.310 e. The average Bonchev–Trinajstić information content (AvgIpc) is 3.11. The van der Waals surface area contributed by atoms with Gasteiger partial charge in [-0.2, -0.15) is 14.9 Å². The molecule has 0 saturated carbocycles. The summed E-state index contributed by atoms with van der Waals surface area (Å²) in [6, 6.07) is 14.4. The molecular formula is C25H24N6O. The Kier molecular flexibility index (Phi) is 4.81. The number of amides is 1. The van der Waals surface area contributed by atoms with Crippen molar-refractivity contribution < 1.29 is 4.79 Å². The maximum atomic E-state index is 12.7. The summed E-state index contributed by atoms with van der Waals surface area (Å²) in [5.74, 6) is 0.828. The molecule has 0 fully saturated rings. The van der Waals surface area contributed by atoms with E-state index in [9.17, 15) is 4.79 Å². The third-order valence-corrected chi connectivity index (χ3v) is 6.00. The predicted molar refractivity (Wildman–Crippen MR) is 123 cm³/mol. The number of anilines is 1. The van der Waals surface area contributed by atoms with Crippen molar-refractivity contribution in [2.45, 2.75) is 40.0 Å². The van der Waals surface area contributed by atoms with Crippen LogP contribution in [0, 0.1) is 27.7 Å². The molecule has 0 spiro atoms. The first-order valence-electron chi connectivity index (χ1n) is 10.6. The molecule has 7 heteroatoms. The van der Waals surface area contributed by atoms with Crippen molar-refractivity contribution in [1.82, 2.24) is 25.0 Å². The van der Waals surface area contributed by atoms with Crippen LogP contribution >= 0.6 is 0 Å². The van der Waals surface area contributed by atoms with Crippen molar-refractivity contribution in [2.24, 2.45) is 0 Å². The molecule has 32 heavy (non-hydrogen) atoms. The van der Waals surface area contributed by atoms with E-state index in [1.807, 2.05) is 38.1 Å². The predicted octanol–water partition coefficient (Wildman–Crippen LogP) is 4.43. The molecule has 1 N–H and O–H groups in total. The zero-order chi connectivity index (χ0) is 22.4. The fourth-order valence-electron chi connectivity index (χ4n) is 4.34. The monoisotopic (exact) mass is 424 g/mol. The number of hydrogen-bond donors (Lipinski definition) is 1. The second-order valence-electron chi connectivity index (χ2n) is 8.43. The van der Waals surface area contributed by atoms with Gasteiger partial charge in [-0.25, -0.2) is 4.98 Å². The van der Waals surface area contributed by atoms with E-state index in [1.165, 1.54) is 11.1 Å². The summed E-state index contributed by atoms with van der Waals surface area (Å²) in [7, 11) is 0. The number of hydrogen-bond acceptors (Lipinski definition) is 5. The Bertz CT molecular complexity index is 1340. The Balaban J connectivity index is 1.63. The molecule has 0 radical (unpaired) electrons. The Morgan fingerprint density at radius 3 is 2.53 bits per heavy atom. The van der Waals surface area contributed by atoms with Crippen LogP contribution in [0.2, 0.25) is 0 Å². The van der Waals surface area contributed by atoms with E-state index in [0.29, 0.717) is 23.9 Å². The van der Waals surface area contributed by atoms with E-state index in [2.05, 4.69) is 47.6 Å². The highest BCUT2D eigenvalue weighted by atomic mass is 16.1. The number of fused-ring (bicyclic) bond motifs is 1. The highest BCUT2D eigenvalue weighted by Gasteiger charge is 2.34. The number of carbonyl (C=O) groups is 1. The lowest BCUT2D eigenvalue weighted by Gasteiger charge is -2.25. The highest BCUT2D eigenvalue weighted by molar-refractivity contribution is 5.95. The summed E-state index contributed by atoms with van der Waals surface area (Å²) in [6.45, 7) is 8.15. The van der Waals surface area contributed by atoms with Crippen molar-refractivity contribution >= 4 is 11.7 Å². The Hall–Kier alpha value is -3.87. The van der Waals surface area contributed by atoms with Gasteiger partial charge in [0.25, 0.3) is 5.95 Å². The Labute approximate surface area is 186 Å². The molecule has 160 valence electrons. The second-order valence-corrected chi connectivity index (χ2v) is 8.43. The molecule has 1 aliphatic rings. The fourth-order valence-corrected chi connectivity index (χ4v) is 4.34. The van der Waals surface area contributed by atoms with Gasteiger partial charge in [-0.3, -0.25) is 4.79 Å². The smallest absolute Gasteiger partial charge is 0.272 e. The Morgan fingerprint density at radius 2 is 1.75 bits per heavy atom. The molecule has 2 aromatic carbocycles. The summed E-state index contributed by atoms with van der Waals surface area (Å²) in [6.07, 6.45) is 2.01. The molecule has 2 aromatic heterocycles. The number of nitrogens with one attached hydrogen (secondary N) is 1. The van der Waals surface area contributed by atoms with E-state index >= 15 is 0 Å². The maximum absolute atomic E-state index is 12.7. The molecule has 0 bridgehead atoms. The van der Waals surface area contributed by atoms with E-state index < -0.39 is 0 Å². The summed E-state index contributed by atoms with van der Waals surface area (Å²) in [5, 5.41) is 16.1. The van der Waals surface area contributed by atoms with E-state index in [1.54, 1.807) is 10.9 Å². The molecule has 1 aliphatic heterocycles. The van der Waals surface area contributed by atoms with Crippen LogP contribution < -0.4 is 5.32 Å². The molecule has 1 amide bonds. The quantitative estimate of drug-likeness (QED) is 0.526. The van der Waals surface area contributed by atoms with Crippen LogP contribution in [0.3, 0.4) is 0 Å². The van der Waals surface area contributed by atoms with Gasteiger partial charge in [0.2, 0.25) is 5.91 Å². The minimum absolute atomic E-state index is 0.0489. The summed E-state index contributed by atoms with van der Waals surface area (Å²) in [5.41, 5.74) is 8.14. The van der Waals surface area contributed by atoms with Crippen LogP contribution in [0.15, 0.2) is 48.7 Å². The van der Waals surface area contributed by atoms with Gasteiger partial charge in [0, 0.05) is 23.5 Å². The molecule has 1 unspecified atom stereocenters. The first-order chi connectivity index (χ1) is 15.4. The van der Waals surface area contributed by atoms with Crippen LogP contribution in [0.25, 0.3) is 17.2 Å². The lowest BCUT2D eigenvalue weighted by molar-refractivity contribution is -0.116. The van der Waals surface area contributed by atoms with E-state index in [-0.39, 0.29) is 11.8 Å². The number of benzene rings is 2. The van der Waals surface area contributed by atoms with Crippen LogP contribution in [-0.4, -0.2) is 30.9 Å². The number of aromatic nitrogens is 5. The van der Waals surface area contributed by atoms with Gasteiger partial charge in [-0.05, 0) is 38.8 Å². The lowest BCUT2D eigenvalue weighted by atomic mass is 9.83. The number of aryl methyl sites for hydroxylation is 4. The minimum Gasteiger partial charge on any atom is -0.310 e. The SMILES string of the molecule is Cc1ccc(-c2cnnc(-n3nc(C)c4c3NC(=O)CC4c3cc(C)ccc3C)n2)cc1. The van der Waals surface area contributed by atoms with E-state index in [0.717, 1.165) is 27.9 Å². The molecule has 0 saturated heterocycles. The standard InChI is InChI=1S/C25H24N6O/c1-14-6-9-18(10-7-14)21-13-26-29-25(27-21)31-24-23(17(4)30-31)20(12-22(32)28-24)19-11-15(2)5-8-16(19)3/h5-11,13,20H,12H2,1-4H3,(H,28,32). The maximum Gasteiger partial charge on any atom is 0.272 e. The highest BCUT2D eigenvalue weighted by Crippen LogP contribution is 2.41. The van der Waals surface area contributed by atoms with Gasteiger partial charge in [0.05, 0.1) is 17.6 Å². The number of carbonyl (C=O) groups excluding carboxylic acids is 1. The van der Waals surface area contributed by atoms with Gasteiger partial charge in [0.1, 0.15) is 5.82 Å². The van der Waals surface area contributed by atoms with Crippen LogP contribution in [-0.2, 0) is 4.79 Å². The molecule has 3 heterocycles. The lowest BCUT2D eigenvalue weighted by Crippen LogP contribution is -2.25. The second kappa shape index (κ2) is 7.67. The zero-order valence-corrected chi connectivity index (χ0v) is 18.5. The van der Waals surface area contributed by atoms with Crippen molar-refractivity contribution in [3.63, 3.8) is 0 Å². The molecular weight excluding hydrogens is 400 g/mol. The number of nitrogens with zero attached hydrogens (tertiary/aromatic N) is 5. The summed E-state index contributed by atoms with van der Waals surface area (Å²) < 4.78 is 1.60. The van der Waals surface area contributed by atoms with Crippen molar-refractivity contribution in [2.75, 3.05) is 5.32 Å². The summed E-state index contributed by atoms with van der Waals surface area (Å²) >= 11 is 0. The van der Waals surface area contributed by atoms with Crippen LogP contribution in [0.5, 0.6) is 0 Å². The first kappa shape index (κ1) is 20.1. The molecule has 7 nitrogen and oxygen atoms in total. The normalized spacial score (nSPS) is 15.4. The van der Waals surface area contributed by atoms with Gasteiger partial charge >= 0.3 is 0 Å². The topological polar surface area (TPSA) is 85.6 Å². The van der Waals surface area contributed by atoms with Gasteiger partial charge in [0.15, 0.2) is 0 Å². The molecule has 0 aliphatic carbocycles. The first-order valence-corrected chi connectivity index (χ1v) is 10.6. The minimum atomic E-state index is -0.0689. The number of rotatable bonds is 3. The zero-order valence-electron chi connectivity index (χ0n) is 18.5. The average molecular weight is 425 g/mol. The third-order valence-electron chi connectivity index (χ3n) is 6.00. The van der Waals surface area contributed by atoms with Crippen molar-refractivity contribution in [3.05, 3.63) is 82.2 Å². The van der Waals surface area contributed by atoms with Gasteiger partial charge in [-0.15, -0.1) is 5.10 Å². The van der Waals surface area contributed by atoms with Crippen molar-refractivity contribution in [3.8, 4) is 17.2 Å². The van der Waals surface area contributed by atoms with E-state index in [4.69, 9.17) is 10.1 Å². The molecule has 4 aromatic rings. The molecule has 5 rings (SSSR count). The third kappa shape index (κ3) is 3.45. The van der Waals surface area contributed by atoms with Gasteiger partial charge in [-0.1, -0.05) is 53.6 Å². The van der Waals surface area contributed by atoms with Crippen LogP contribution in [0.4, 0.5) is 5.82 Å². The molecule has 1 atom stereocenters. The van der Waals surface area contributed by atoms with Crippen LogP contribution in [0.1, 0.15) is 45.8 Å².